The van der Waals surface area contributed by atoms with Gasteiger partial charge in [0.05, 0.1) is 5.69 Å². The highest BCUT2D eigenvalue weighted by molar-refractivity contribution is 5.81. The molecule has 0 saturated carbocycles. The molecule has 0 N–H and O–H groups in total. The summed E-state index contributed by atoms with van der Waals surface area (Å²) < 4.78 is 0. The van der Waals surface area contributed by atoms with Gasteiger partial charge in [-0.2, -0.15) is 0 Å². The molecule has 16 heavy (non-hydrogen) atoms. The number of aromatic nitrogens is 1. The smallest absolute Gasteiger partial charge is 0.0632 e. The standard InChI is InChI=1S/C14H14N2/c1-2-12-4-3-5-14(10-12)16-11-13-6-8-15-9-7-13/h3-11H,2H2,1H3. The van der Waals surface area contributed by atoms with E-state index >= 15 is 0 Å². The second kappa shape index (κ2) is 5.21. The van der Waals surface area contributed by atoms with Gasteiger partial charge in [0.15, 0.2) is 0 Å². The van der Waals surface area contributed by atoms with Crippen LogP contribution >= 0.6 is 0 Å². The third kappa shape index (κ3) is 2.76. The van der Waals surface area contributed by atoms with E-state index in [0.717, 1.165) is 17.7 Å². The molecule has 2 heteroatoms. The summed E-state index contributed by atoms with van der Waals surface area (Å²) in [6.07, 6.45) is 6.43. The molecule has 0 saturated heterocycles. The molecule has 0 aliphatic heterocycles. The fourth-order valence-electron chi connectivity index (χ4n) is 1.46. The normalized spacial score (nSPS) is 10.8. The van der Waals surface area contributed by atoms with E-state index in [1.54, 1.807) is 12.4 Å². The minimum absolute atomic E-state index is 0.996. The highest BCUT2D eigenvalue weighted by Crippen LogP contribution is 2.14. The van der Waals surface area contributed by atoms with Gasteiger partial charge >= 0.3 is 0 Å². The summed E-state index contributed by atoms with van der Waals surface area (Å²) in [6.45, 7) is 2.14. The van der Waals surface area contributed by atoms with Crippen LogP contribution in [0.1, 0.15) is 18.1 Å². The van der Waals surface area contributed by atoms with E-state index in [0.29, 0.717) is 0 Å². The summed E-state index contributed by atoms with van der Waals surface area (Å²) >= 11 is 0. The molecule has 0 spiro atoms. The van der Waals surface area contributed by atoms with Crippen LogP contribution < -0.4 is 0 Å². The largest absolute Gasteiger partial charge is 0.265 e. The molecule has 0 atom stereocenters. The topological polar surface area (TPSA) is 25.2 Å². The van der Waals surface area contributed by atoms with Gasteiger partial charge in [-0.3, -0.25) is 9.98 Å². The number of pyridine rings is 1. The van der Waals surface area contributed by atoms with Crippen molar-refractivity contribution < 1.29 is 0 Å². The third-order valence-electron chi connectivity index (χ3n) is 2.39. The van der Waals surface area contributed by atoms with Crippen LogP contribution in [0.4, 0.5) is 5.69 Å². The van der Waals surface area contributed by atoms with E-state index in [1.807, 2.05) is 30.5 Å². The Kier molecular flexibility index (Phi) is 3.44. The third-order valence-corrected chi connectivity index (χ3v) is 2.39. The zero-order valence-electron chi connectivity index (χ0n) is 9.30. The molecular weight excluding hydrogens is 196 g/mol. The molecule has 0 amide bonds. The van der Waals surface area contributed by atoms with Gasteiger partial charge in [0, 0.05) is 18.6 Å². The molecule has 2 rings (SSSR count). The molecule has 0 radical (unpaired) electrons. The van der Waals surface area contributed by atoms with Gasteiger partial charge in [-0.15, -0.1) is 0 Å². The van der Waals surface area contributed by atoms with Crippen molar-refractivity contribution in [3.63, 3.8) is 0 Å². The van der Waals surface area contributed by atoms with Crippen molar-refractivity contribution in [1.29, 1.82) is 0 Å². The van der Waals surface area contributed by atoms with Gasteiger partial charge in [-0.25, -0.2) is 0 Å². The van der Waals surface area contributed by atoms with Crippen molar-refractivity contribution in [2.75, 3.05) is 0 Å². The van der Waals surface area contributed by atoms with E-state index in [4.69, 9.17) is 0 Å². The molecule has 80 valence electrons. The van der Waals surface area contributed by atoms with E-state index in [1.165, 1.54) is 5.56 Å². The molecule has 2 aromatic rings. The van der Waals surface area contributed by atoms with Crippen molar-refractivity contribution in [1.82, 2.24) is 4.98 Å². The van der Waals surface area contributed by atoms with Crippen LogP contribution in [-0.2, 0) is 6.42 Å². The predicted octanol–water partition coefficient (Wildman–Crippen LogP) is 3.39. The SMILES string of the molecule is CCc1cccc(N=Cc2ccncc2)c1. The first kappa shape index (κ1) is 10.6. The number of hydrogen-bond acceptors (Lipinski definition) is 2. The first-order valence-electron chi connectivity index (χ1n) is 5.41. The molecule has 2 nitrogen and oxygen atoms in total. The molecule has 0 aliphatic carbocycles. The van der Waals surface area contributed by atoms with Crippen LogP contribution in [0.3, 0.4) is 0 Å². The molecular formula is C14H14N2. The summed E-state index contributed by atoms with van der Waals surface area (Å²) in [5, 5.41) is 0. The zero-order valence-corrected chi connectivity index (χ0v) is 9.30. The van der Waals surface area contributed by atoms with Gasteiger partial charge < -0.3 is 0 Å². The van der Waals surface area contributed by atoms with Gasteiger partial charge in [-0.05, 0) is 41.8 Å². The predicted molar refractivity (Wildman–Crippen MR) is 67.3 cm³/mol. The van der Waals surface area contributed by atoms with Crippen molar-refractivity contribution in [3.8, 4) is 0 Å². The van der Waals surface area contributed by atoms with Gasteiger partial charge in [0.2, 0.25) is 0 Å². The summed E-state index contributed by atoms with van der Waals surface area (Å²) in [5.41, 5.74) is 3.37. The van der Waals surface area contributed by atoms with Crippen molar-refractivity contribution >= 4 is 11.9 Å². The number of benzene rings is 1. The van der Waals surface area contributed by atoms with Crippen LogP contribution in [0.2, 0.25) is 0 Å². The minimum atomic E-state index is 0.996. The molecule has 1 aromatic heterocycles. The summed E-state index contributed by atoms with van der Waals surface area (Å²) in [6, 6.07) is 12.2. The summed E-state index contributed by atoms with van der Waals surface area (Å²) in [5.74, 6) is 0. The van der Waals surface area contributed by atoms with Crippen molar-refractivity contribution in [2.24, 2.45) is 4.99 Å². The monoisotopic (exact) mass is 210 g/mol. The Morgan fingerprint density at radius 3 is 2.75 bits per heavy atom. The maximum absolute atomic E-state index is 4.43. The zero-order chi connectivity index (χ0) is 11.2. The van der Waals surface area contributed by atoms with Crippen LogP contribution in [0.25, 0.3) is 0 Å². The quantitative estimate of drug-likeness (QED) is 0.713. The van der Waals surface area contributed by atoms with Gasteiger partial charge in [0.25, 0.3) is 0 Å². The Balaban J connectivity index is 2.17. The summed E-state index contributed by atoms with van der Waals surface area (Å²) in [7, 11) is 0. The minimum Gasteiger partial charge on any atom is -0.265 e. The van der Waals surface area contributed by atoms with Crippen LogP contribution in [0.5, 0.6) is 0 Å². The second-order valence-electron chi connectivity index (χ2n) is 3.56. The lowest BCUT2D eigenvalue weighted by Crippen LogP contribution is -1.81. The number of rotatable bonds is 3. The maximum atomic E-state index is 4.43. The number of nitrogens with zero attached hydrogens (tertiary/aromatic N) is 2. The number of aryl methyl sites for hydroxylation is 1. The second-order valence-corrected chi connectivity index (χ2v) is 3.56. The molecule has 1 heterocycles. The Hall–Kier alpha value is -1.96. The molecule has 0 aliphatic rings. The van der Waals surface area contributed by atoms with Crippen LogP contribution in [0.15, 0.2) is 53.8 Å². The van der Waals surface area contributed by atoms with E-state index in [2.05, 4.69) is 29.0 Å². The van der Waals surface area contributed by atoms with Crippen molar-refractivity contribution in [2.45, 2.75) is 13.3 Å². The Morgan fingerprint density at radius 2 is 2.00 bits per heavy atom. The number of hydrogen-bond donors (Lipinski definition) is 0. The molecule has 0 bridgehead atoms. The lowest BCUT2D eigenvalue weighted by atomic mass is 10.1. The first-order chi connectivity index (χ1) is 7.88. The fraction of sp³-hybridized carbons (Fsp3) is 0.143. The van der Waals surface area contributed by atoms with Gasteiger partial charge in [-0.1, -0.05) is 19.1 Å². The molecule has 0 unspecified atom stereocenters. The lowest BCUT2D eigenvalue weighted by molar-refractivity contribution is 1.14. The molecule has 0 fully saturated rings. The highest BCUT2D eigenvalue weighted by Gasteiger charge is 1.91. The van der Waals surface area contributed by atoms with Crippen LogP contribution in [0, 0.1) is 0 Å². The van der Waals surface area contributed by atoms with E-state index < -0.39 is 0 Å². The average Bonchev–Trinajstić information content (AvgIpc) is 2.38. The molecule has 1 aromatic carbocycles. The van der Waals surface area contributed by atoms with Crippen LogP contribution in [-0.4, -0.2) is 11.2 Å². The first-order valence-corrected chi connectivity index (χ1v) is 5.41. The Bertz CT molecular complexity index is 475. The van der Waals surface area contributed by atoms with E-state index in [9.17, 15) is 0 Å². The Morgan fingerprint density at radius 1 is 1.19 bits per heavy atom. The maximum Gasteiger partial charge on any atom is 0.0632 e. The van der Waals surface area contributed by atoms with Crippen molar-refractivity contribution in [3.05, 3.63) is 59.9 Å². The fourth-order valence-corrected chi connectivity index (χ4v) is 1.46. The lowest BCUT2D eigenvalue weighted by Gasteiger charge is -1.97. The summed E-state index contributed by atoms with van der Waals surface area (Å²) in [4.78, 5) is 8.40. The highest BCUT2D eigenvalue weighted by atomic mass is 14.7. The number of aliphatic imine (C=N–C) groups is 1. The van der Waals surface area contributed by atoms with E-state index in [-0.39, 0.29) is 0 Å². The van der Waals surface area contributed by atoms with Gasteiger partial charge in [0.1, 0.15) is 0 Å². The Labute approximate surface area is 95.7 Å². The average molecular weight is 210 g/mol.